The Kier molecular flexibility index (Phi) is 5.67. The monoisotopic (exact) mass is 363 g/mol. The molecule has 2 N–H and O–H groups in total. The summed E-state index contributed by atoms with van der Waals surface area (Å²) in [6, 6.07) is 19.1. The summed E-state index contributed by atoms with van der Waals surface area (Å²) in [5, 5.41) is 16.2. The first-order chi connectivity index (χ1) is 12.6. The number of benzene rings is 2. The molecule has 0 aliphatic heterocycles. The normalized spacial score (nSPS) is 10.2. The number of halogens is 1. The Morgan fingerprint density at radius 2 is 1.92 bits per heavy atom. The third-order valence-electron chi connectivity index (χ3n) is 3.70. The van der Waals surface area contributed by atoms with Crippen LogP contribution in [0.25, 0.3) is 0 Å². The van der Waals surface area contributed by atoms with E-state index in [1.54, 1.807) is 12.1 Å². The molecule has 0 saturated heterocycles. The minimum atomic E-state index is 0.561. The zero-order valence-electron chi connectivity index (χ0n) is 14.3. The van der Waals surface area contributed by atoms with E-state index in [1.165, 1.54) is 0 Å². The first kappa shape index (κ1) is 17.7. The number of rotatable bonds is 6. The zero-order valence-corrected chi connectivity index (χ0v) is 15.1. The number of hydrogen-bond acceptors (Lipinski definition) is 5. The molecule has 6 heteroatoms. The van der Waals surface area contributed by atoms with E-state index < -0.39 is 0 Å². The standard InChI is InChI=1S/C20H18ClN5/c1-14-10-19(25-18-7-3-5-16(12-18)13-22)26-20(24-14)23-9-8-15-4-2-6-17(21)11-15/h2-7,10-12H,8-9H2,1H3,(H2,23,24,25,26). The number of nitriles is 1. The first-order valence-corrected chi connectivity index (χ1v) is 8.61. The highest BCUT2D eigenvalue weighted by Gasteiger charge is 2.04. The summed E-state index contributed by atoms with van der Waals surface area (Å²) in [5.41, 5.74) is 3.42. The van der Waals surface area contributed by atoms with Gasteiger partial charge in [0.2, 0.25) is 5.95 Å². The fourth-order valence-corrected chi connectivity index (χ4v) is 2.75. The number of hydrogen-bond donors (Lipinski definition) is 2. The van der Waals surface area contributed by atoms with Gasteiger partial charge in [0.05, 0.1) is 11.6 Å². The lowest BCUT2D eigenvalue weighted by Crippen LogP contribution is -2.09. The summed E-state index contributed by atoms with van der Waals surface area (Å²) >= 11 is 6.01. The Bertz CT molecular complexity index is 949. The fourth-order valence-electron chi connectivity index (χ4n) is 2.54. The predicted octanol–water partition coefficient (Wildman–Crippen LogP) is 4.71. The second-order valence-electron chi connectivity index (χ2n) is 5.84. The highest BCUT2D eigenvalue weighted by Crippen LogP contribution is 2.18. The summed E-state index contributed by atoms with van der Waals surface area (Å²) in [7, 11) is 0. The predicted molar refractivity (Wildman–Crippen MR) is 105 cm³/mol. The summed E-state index contributed by atoms with van der Waals surface area (Å²) in [6.45, 7) is 2.62. The maximum Gasteiger partial charge on any atom is 0.224 e. The lowest BCUT2D eigenvalue weighted by atomic mass is 10.1. The van der Waals surface area contributed by atoms with Gasteiger partial charge in [-0.25, -0.2) is 4.98 Å². The molecule has 5 nitrogen and oxygen atoms in total. The lowest BCUT2D eigenvalue weighted by molar-refractivity contribution is 0.976. The second-order valence-corrected chi connectivity index (χ2v) is 6.28. The van der Waals surface area contributed by atoms with Gasteiger partial charge in [-0.2, -0.15) is 10.2 Å². The smallest absolute Gasteiger partial charge is 0.224 e. The Hall–Kier alpha value is -3.10. The molecule has 3 rings (SSSR count). The van der Waals surface area contributed by atoms with Crippen LogP contribution in [0, 0.1) is 18.3 Å². The van der Waals surface area contributed by atoms with Crippen molar-refractivity contribution in [2.24, 2.45) is 0 Å². The van der Waals surface area contributed by atoms with Crippen LogP contribution < -0.4 is 10.6 Å². The lowest BCUT2D eigenvalue weighted by Gasteiger charge is -2.10. The van der Waals surface area contributed by atoms with Gasteiger partial charge in [-0.1, -0.05) is 29.8 Å². The molecule has 0 bridgehead atoms. The molecule has 0 atom stereocenters. The Labute approximate surface area is 157 Å². The molecule has 1 aromatic heterocycles. The van der Waals surface area contributed by atoms with E-state index in [9.17, 15) is 0 Å². The molecule has 1 heterocycles. The van der Waals surface area contributed by atoms with Gasteiger partial charge in [-0.3, -0.25) is 0 Å². The van der Waals surface area contributed by atoms with Crippen molar-refractivity contribution in [2.45, 2.75) is 13.3 Å². The van der Waals surface area contributed by atoms with E-state index in [2.05, 4.69) is 26.7 Å². The quantitative estimate of drug-likeness (QED) is 0.663. The average molecular weight is 364 g/mol. The molecule has 0 spiro atoms. The topological polar surface area (TPSA) is 73.6 Å². The van der Waals surface area contributed by atoms with Crippen molar-refractivity contribution in [1.29, 1.82) is 5.26 Å². The number of nitrogens with one attached hydrogen (secondary N) is 2. The molecule has 0 saturated carbocycles. The number of aryl methyl sites for hydroxylation is 1. The maximum atomic E-state index is 9.00. The highest BCUT2D eigenvalue weighted by atomic mass is 35.5. The Morgan fingerprint density at radius 1 is 1.08 bits per heavy atom. The molecular formula is C20H18ClN5. The van der Waals surface area contributed by atoms with E-state index >= 15 is 0 Å². The molecule has 26 heavy (non-hydrogen) atoms. The molecule has 0 fully saturated rings. The van der Waals surface area contributed by atoms with E-state index in [1.807, 2.05) is 49.4 Å². The van der Waals surface area contributed by atoms with Crippen molar-refractivity contribution in [3.8, 4) is 6.07 Å². The van der Waals surface area contributed by atoms with Crippen LogP contribution >= 0.6 is 11.6 Å². The van der Waals surface area contributed by atoms with Gasteiger partial charge in [-0.15, -0.1) is 0 Å². The number of nitrogens with zero attached hydrogens (tertiary/aromatic N) is 3. The van der Waals surface area contributed by atoms with Crippen LogP contribution in [0.1, 0.15) is 16.8 Å². The largest absolute Gasteiger partial charge is 0.354 e. The van der Waals surface area contributed by atoms with Crippen LogP contribution in [-0.4, -0.2) is 16.5 Å². The van der Waals surface area contributed by atoms with Gasteiger partial charge in [0.15, 0.2) is 0 Å². The second kappa shape index (κ2) is 8.32. The van der Waals surface area contributed by atoms with Crippen molar-refractivity contribution in [1.82, 2.24) is 9.97 Å². The SMILES string of the molecule is Cc1cc(Nc2cccc(C#N)c2)nc(NCCc2cccc(Cl)c2)n1. The Morgan fingerprint density at radius 3 is 2.73 bits per heavy atom. The van der Waals surface area contributed by atoms with Gasteiger partial charge in [0.25, 0.3) is 0 Å². The van der Waals surface area contributed by atoms with E-state index in [0.29, 0.717) is 23.9 Å². The van der Waals surface area contributed by atoms with Gasteiger partial charge < -0.3 is 10.6 Å². The van der Waals surface area contributed by atoms with Crippen molar-refractivity contribution in [3.05, 3.63) is 76.4 Å². The van der Waals surface area contributed by atoms with Crippen LogP contribution in [0.4, 0.5) is 17.5 Å². The minimum Gasteiger partial charge on any atom is -0.354 e. The van der Waals surface area contributed by atoms with Crippen molar-refractivity contribution in [3.63, 3.8) is 0 Å². The molecule has 0 aliphatic rings. The van der Waals surface area contributed by atoms with Crippen LogP contribution in [0.3, 0.4) is 0 Å². The molecule has 130 valence electrons. The molecular weight excluding hydrogens is 346 g/mol. The Balaban J connectivity index is 1.66. The fraction of sp³-hybridized carbons (Fsp3) is 0.150. The van der Waals surface area contributed by atoms with Crippen molar-refractivity contribution >= 4 is 29.1 Å². The van der Waals surface area contributed by atoms with E-state index in [4.69, 9.17) is 16.9 Å². The van der Waals surface area contributed by atoms with Gasteiger partial charge in [-0.05, 0) is 49.2 Å². The summed E-state index contributed by atoms with van der Waals surface area (Å²) in [6.07, 6.45) is 0.824. The zero-order chi connectivity index (χ0) is 18.4. The van der Waals surface area contributed by atoms with E-state index in [0.717, 1.165) is 28.4 Å². The van der Waals surface area contributed by atoms with Crippen LogP contribution in [0.2, 0.25) is 5.02 Å². The third-order valence-corrected chi connectivity index (χ3v) is 3.94. The minimum absolute atomic E-state index is 0.561. The van der Waals surface area contributed by atoms with Gasteiger partial charge in [0.1, 0.15) is 5.82 Å². The van der Waals surface area contributed by atoms with Crippen LogP contribution in [0.15, 0.2) is 54.6 Å². The third kappa shape index (κ3) is 4.95. The summed E-state index contributed by atoms with van der Waals surface area (Å²) in [5.74, 6) is 1.24. The summed E-state index contributed by atoms with van der Waals surface area (Å²) < 4.78 is 0. The molecule has 0 aliphatic carbocycles. The number of aromatic nitrogens is 2. The molecule has 2 aromatic carbocycles. The molecule has 3 aromatic rings. The maximum absolute atomic E-state index is 9.00. The van der Waals surface area contributed by atoms with Gasteiger partial charge in [0, 0.05) is 29.0 Å². The van der Waals surface area contributed by atoms with E-state index in [-0.39, 0.29) is 0 Å². The molecule has 0 amide bonds. The van der Waals surface area contributed by atoms with Crippen LogP contribution in [-0.2, 0) is 6.42 Å². The molecule has 0 radical (unpaired) electrons. The molecule has 0 unspecified atom stereocenters. The number of anilines is 3. The first-order valence-electron chi connectivity index (χ1n) is 8.23. The van der Waals surface area contributed by atoms with Gasteiger partial charge >= 0.3 is 0 Å². The van der Waals surface area contributed by atoms with Crippen LogP contribution in [0.5, 0.6) is 0 Å². The highest BCUT2D eigenvalue weighted by molar-refractivity contribution is 6.30. The van der Waals surface area contributed by atoms with Crippen molar-refractivity contribution < 1.29 is 0 Å². The average Bonchev–Trinajstić information content (AvgIpc) is 2.61. The van der Waals surface area contributed by atoms with Crippen molar-refractivity contribution in [2.75, 3.05) is 17.2 Å². The summed E-state index contributed by atoms with van der Waals surface area (Å²) in [4.78, 5) is 8.91.